The van der Waals surface area contributed by atoms with E-state index in [0.29, 0.717) is 18.6 Å². The van der Waals surface area contributed by atoms with E-state index in [2.05, 4.69) is 26.1 Å². The average molecular weight is 283 g/mol. The molecule has 3 unspecified atom stereocenters. The molecule has 0 heterocycles. The minimum atomic E-state index is -0.689. The van der Waals surface area contributed by atoms with E-state index in [1.54, 1.807) is 0 Å². The van der Waals surface area contributed by atoms with Crippen molar-refractivity contribution in [1.29, 1.82) is 0 Å². The SMILES string of the molecule is CC(C)C(C)OCCC1CCCC1(NC1CC1)C(=O)O. The van der Waals surface area contributed by atoms with Crippen molar-refractivity contribution in [3.8, 4) is 0 Å². The third-order valence-corrected chi connectivity index (χ3v) is 5.03. The third kappa shape index (κ3) is 3.53. The van der Waals surface area contributed by atoms with E-state index in [4.69, 9.17) is 4.74 Å². The van der Waals surface area contributed by atoms with Crippen LogP contribution in [-0.2, 0) is 9.53 Å². The Labute approximate surface area is 122 Å². The first-order valence-electron chi connectivity index (χ1n) is 8.08. The van der Waals surface area contributed by atoms with Gasteiger partial charge in [0, 0.05) is 12.6 Å². The number of carboxylic acid groups (broad SMARTS) is 1. The van der Waals surface area contributed by atoms with Gasteiger partial charge in [-0.1, -0.05) is 20.3 Å². The summed E-state index contributed by atoms with van der Waals surface area (Å²) in [6.07, 6.45) is 6.13. The molecule has 4 nitrogen and oxygen atoms in total. The number of hydrogen-bond donors (Lipinski definition) is 2. The molecule has 4 heteroatoms. The molecule has 0 amide bonds. The van der Waals surface area contributed by atoms with Gasteiger partial charge in [-0.05, 0) is 50.9 Å². The number of carboxylic acids is 1. The molecule has 2 aliphatic carbocycles. The number of hydrogen-bond acceptors (Lipinski definition) is 3. The van der Waals surface area contributed by atoms with Crippen LogP contribution in [0.15, 0.2) is 0 Å². The van der Waals surface area contributed by atoms with Crippen molar-refractivity contribution >= 4 is 5.97 Å². The molecule has 20 heavy (non-hydrogen) atoms. The van der Waals surface area contributed by atoms with Gasteiger partial charge in [-0.3, -0.25) is 10.1 Å². The lowest BCUT2D eigenvalue weighted by atomic mass is 9.84. The average Bonchev–Trinajstić information content (AvgIpc) is 3.09. The highest BCUT2D eigenvalue weighted by Gasteiger charge is 2.51. The van der Waals surface area contributed by atoms with Gasteiger partial charge < -0.3 is 9.84 Å². The normalized spacial score (nSPS) is 31.7. The van der Waals surface area contributed by atoms with E-state index >= 15 is 0 Å². The Morgan fingerprint density at radius 2 is 2.05 bits per heavy atom. The summed E-state index contributed by atoms with van der Waals surface area (Å²) in [5.41, 5.74) is -0.689. The molecular formula is C16H29NO3. The molecule has 0 aromatic rings. The van der Waals surface area contributed by atoms with Crippen LogP contribution in [0.2, 0.25) is 0 Å². The van der Waals surface area contributed by atoms with Crippen LogP contribution < -0.4 is 5.32 Å². The number of nitrogens with one attached hydrogen (secondary N) is 1. The van der Waals surface area contributed by atoms with Crippen LogP contribution in [0.5, 0.6) is 0 Å². The van der Waals surface area contributed by atoms with Crippen LogP contribution >= 0.6 is 0 Å². The molecule has 0 saturated heterocycles. The summed E-state index contributed by atoms with van der Waals surface area (Å²) in [7, 11) is 0. The lowest BCUT2D eigenvalue weighted by Gasteiger charge is -2.33. The van der Waals surface area contributed by atoms with Crippen molar-refractivity contribution in [2.45, 2.75) is 77.0 Å². The summed E-state index contributed by atoms with van der Waals surface area (Å²) in [6.45, 7) is 7.06. The summed E-state index contributed by atoms with van der Waals surface area (Å²) in [4.78, 5) is 11.8. The maximum absolute atomic E-state index is 11.8. The summed E-state index contributed by atoms with van der Waals surface area (Å²) in [5, 5.41) is 13.1. The highest BCUT2D eigenvalue weighted by atomic mass is 16.5. The molecule has 2 rings (SSSR count). The molecule has 0 bridgehead atoms. The van der Waals surface area contributed by atoms with Gasteiger partial charge in [-0.25, -0.2) is 0 Å². The highest BCUT2D eigenvalue weighted by Crippen LogP contribution is 2.40. The van der Waals surface area contributed by atoms with Gasteiger partial charge in [0.1, 0.15) is 5.54 Å². The number of aliphatic carboxylic acids is 1. The Kier molecular flexibility index (Phi) is 5.08. The highest BCUT2D eigenvalue weighted by molar-refractivity contribution is 5.80. The van der Waals surface area contributed by atoms with Crippen LogP contribution in [0.25, 0.3) is 0 Å². The first kappa shape index (κ1) is 15.8. The summed E-state index contributed by atoms with van der Waals surface area (Å²) >= 11 is 0. The van der Waals surface area contributed by atoms with Crippen LogP contribution in [0.1, 0.15) is 59.3 Å². The molecule has 2 N–H and O–H groups in total. The van der Waals surface area contributed by atoms with E-state index in [-0.39, 0.29) is 12.0 Å². The maximum atomic E-state index is 11.8. The topological polar surface area (TPSA) is 58.6 Å². The molecule has 0 aromatic heterocycles. The second-order valence-electron chi connectivity index (χ2n) is 6.89. The Hall–Kier alpha value is -0.610. The largest absolute Gasteiger partial charge is 0.480 e. The molecule has 3 atom stereocenters. The van der Waals surface area contributed by atoms with Gasteiger partial charge in [0.25, 0.3) is 0 Å². The number of carbonyl (C=O) groups is 1. The molecular weight excluding hydrogens is 254 g/mol. The molecule has 0 aromatic carbocycles. The van der Waals surface area contributed by atoms with Gasteiger partial charge in [0.15, 0.2) is 0 Å². The molecule has 116 valence electrons. The van der Waals surface area contributed by atoms with Gasteiger partial charge >= 0.3 is 5.97 Å². The zero-order chi connectivity index (χ0) is 14.8. The van der Waals surface area contributed by atoms with Gasteiger partial charge in [-0.15, -0.1) is 0 Å². The smallest absolute Gasteiger partial charge is 0.324 e. The minimum absolute atomic E-state index is 0.208. The minimum Gasteiger partial charge on any atom is -0.480 e. The molecule has 0 aliphatic heterocycles. The first-order valence-corrected chi connectivity index (χ1v) is 8.08. The maximum Gasteiger partial charge on any atom is 0.324 e. The van der Waals surface area contributed by atoms with Crippen molar-refractivity contribution in [2.24, 2.45) is 11.8 Å². The fraction of sp³-hybridized carbons (Fsp3) is 0.938. The zero-order valence-electron chi connectivity index (χ0n) is 13.0. The van der Waals surface area contributed by atoms with Crippen molar-refractivity contribution < 1.29 is 14.6 Å². The fourth-order valence-electron chi connectivity index (χ4n) is 3.18. The lowest BCUT2D eigenvalue weighted by molar-refractivity contribution is -0.147. The first-order chi connectivity index (χ1) is 9.45. The molecule has 0 spiro atoms. The lowest BCUT2D eigenvalue weighted by Crippen LogP contribution is -2.55. The molecule has 2 fully saturated rings. The Bertz CT molecular complexity index is 341. The Morgan fingerprint density at radius 3 is 2.60 bits per heavy atom. The molecule has 2 aliphatic rings. The zero-order valence-corrected chi connectivity index (χ0v) is 13.0. The van der Waals surface area contributed by atoms with Crippen molar-refractivity contribution in [1.82, 2.24) is 5.32 Å². The third-order valence-electron chi connectivity index (χ3n) is 5.03. The second kappa shape index (κ2) is 6.44. The second-order valence-corrected chi connectivity index (χ2v) is 6.89. The van der Waals surface area contributed by atoms with Crippen LogP contribution in [0.3, 0.4) is 0 Å². The predicted octanol–water partition coefficient (Wildman–Crippen LogP) is 2.81. The quantitative estimate of drug-likeness (QED) is 0.719. The van der Waals surface area contributed by atoms with Crippen molar-refractivity contribution in [3.05, 3.63) is 0 Å². The van der Waals surface area contributed by atoms with E-state index in [1.807, 2.05) is 0 Å². The van der Waals surface area contributed by atoms with Gasteiger partial charge in [0.2, 0.25) is 0 Å². The number of rotatable bonds is 8. The van der Waals surface area contributed by atoms with E-state index in [1.165, 1.54) is 0 Å². The van der Waals surface area contributed by atoms with E-state index < -0.39 is 11.5 Å². The summed E-state index contributed by atoms with van der Waals surface area (Å²) in [5.74, 6) is 0.0520. The van der Waals surface area contributed by atoms with E-state index in [9.17, 15) is 9.90 Å². The predicted molar refractivity (Wildman–Crippen MR) is 78.7 cm³/mol. The molecule has 2 saturated carbocycles. The standard InChI is InChI=1S/C16H29NO3/c1-11(2)12(3)20-10-8-13-5-4-9-16(13,15(18)19)17-14-6-7-14/h11-14,17H,4-10H2,1-3H3,(H,18,19). The number of ether oxygens (including phenoxy) is 1. The summed E-state index contributed by atoms with van der Waals surface area (Å²) in [6, 6.07) is 0.433. The Balaban J connectivity index is 1.89. The fourth-order valence-corrected chi connectivity index (χ4v) is 3.18. The monoisotopic (exact) mass is 283 g/mol. The van der Waals surface area contributed by atoms with E-state index in [0.717, 1.165) is 38.5 Å². The summed E-state index contributed by atoms with van der Waals surface area (Å²) < 4.78 is 5.84. The Morgan fingerprint density at radius 1 is 1.35 bits per heavy atom. The molecule has 0 radical (unpaired) electrons. The van der Waals surface area contributed by atoms with Crippen molar-refractivity contribution in [3.63, 3.8) is 0 Å². The van der Waals surface area contributed by atoms with Crippen LogP contribution in [0.4, 0.5) is 0 Å². The van der Waals surface area contributed by atoms with Crippen molar-refractivity contribution in [2.75, 3.05) is 6.61 Å². The van der Waals surface area contributed by atoms with Gasteiger partial charge in [0.05, 0.1) is 6.10 Å². The van der Waals surface area contributed by atoms with Gasteiger partial charge in [-0.2, -0.15) is 0 Å². The van der Waals surface area contributed by atoms with Crippen LogP contribution in [-0.4, -0.2) is 35.4 Å². The van der Waals surface area contributed by atoms with Crippen LogP contribution in [0, 0.1) is 11.8 Å².